The van der Waals surface area contributed by atoms with Crippen LogP contribution in [-0.4, -0.2) is 52.4 Å². The summed E-state index contributed by atoms with van der Waals surface area (Å²) in [4.78, 5) is 25.2. The Labute approximate surface area is 182 Å². The van der Waals surface area contributed by atoms with Crippen LogP contribution in [0, 0.1) is 39.9 Å². The van der Waals surface area contributed by atoms with Gasteiger partial charge in [0.05, 0.1) is 6.10 Å². The summed E-state index contributed by atoms with van der Waals surface area (Å²) in [6, 6.07) is 1.80. The molecular formula is C24H32FNO5. The van der Waals surface area contributed by atoms with Crippen molar-refractivity contribution >= 4 is 11.6 Å². The first kappa shape index (κ1) is 22.6. The largest absolute Gasteiger partial charge is 0.390 e. The lowest BCUT2D eigenvalue weighted by Crippen LogP contribution is -2.70. The first-order valence-electron chi connectivity index (χ1n) is 11.2. The lowest BCUT2D eigenvalue weighted by Gasteiger charge is -2.63. The lowest BCUT2D eigenvalue weighted by molar-refractivity contribution is -0.229. The third kappa shape index (κ3) is 2.53. The number of ether oxygens (including phenoxy) is 1. The number of carbonyl (C=O) groups is 2. The molecule has 0 bridgehead atoms. The van der Waals surface area contributed by atoms with Gasteiger partial charge in [0.2, 0.25) is 11.9 Å². The van der Waals surface area contributed by atoms with E-state index in [4.69, 9.17) is 4.74 Å². The molecule has 0 amide bonds. The van der Waals surface area contributed by atoms with Gasteiger partial charge in [0, 0.05) is 30.3 Å². The number of nitriles is 1. The predicted octanol–water partition coefficient (Wildman–Crippen LogP) is 2.67. The molecule has 4 aliphatic rings. The molecule has 7 heteroatoms. The summed E-state index contributed by atoms with van der Waals surface area (Å²) in [5, 5.41) is 32.4. The van der Waals surface area contributed by atoms with Crippen LogP contribution in [0.2, 0.25) is 0 Å². The fraction of sp³-hybridized carbons (Fsp3) is 0.792. The maximum absolute atomic E-state index is 17.1. The zero-order valence-corrected chi connectivity index (χ0v) is 18.7. The Morgan fingerprint density at radius 1 is 1.35 bits per heavy atom. The molecule has 4 rings (SSSR count). The van der Waals surface area contributed by atoms with Crippen molar-refractivity contribution < 1.29 is 28.9 Å². The van der Waals surface area contributed by atoms with Gasteiger partial charge in [-0.05, 0) is 50.0 Å². The minimum Gasteiger partial charge on any atom is -0.390 e. The molecule has 1 unspecified atom stereocenters. The van der Waals surface area contributed by atoms with E-state index in [1.807, 2.05) is 6.92 Å². The number of methoxy groups -OCH3 is 1. The van der Waals surface area contributed by atoms with Crippen molar-refractivity contribution in [2.75, 3.05) is 7.11 Å². The standard InChI is InChI=1S/C24H32FNO5/c1-13-9-17-16-6-5-14-10-15(27)7-8-21(14,2)23(16,25)19(28)11-22(17,3)24(13,30)20(29)18(12-26)31-4/h10,13,16-19,28,30H,5-9,11H2,1-4H3/t13-,16-,17-,18?,19-,21-,22-,23-,24-/m0/s1. The quantitative estimate of drug-likeness (QED) is 0.709. The van der Waals surface area contributed by atoms with Gasteiger partial charge in [0.1, 0.15) is 17.3 Å². The van der Waals surface area contributed by atoms with Crippen LogP contribution in [0.5, 0.6) is 0 Å². The summed E-state index contributed by atoms with van der Waals surface area (Å²) in [5.74, 6) is -2.10. The number of aliphatic hydroxyl groups excluding tert-OH is 1. The molecule has 31 heavy (non-hydrogen) atoms. The molecule has 0 aromatic heterocycles. The average Bonchev–Trinajstić information content (AvgIpc) is 2.92. The highest BCUT2D eigenvalue weighted by atomic mass is 19.1. The molecule has 3 fully saturated rings. The number of allylic oxidation sites excluding steroid dienone is 1. The number of hydrogen-bond donors (Lipinski definition) is 2. The van der Waals surface area contributed by atoms with Crippen LogP contribution >= 0.6 is 0 Å². The van der Waals surface area contributed by atoms with Crippen molar-refractivity contribution in [3.05, 3.63) is 11.6 Å². The molecule has 6 nitrogen and oxygen atoms in total. The van der Waals surface area contributed by atoms with Gasteiger partial charge in [-0.25, -0.2) is 4.39 Å². The molecule has 0 spiro atoms. The molecule has 170 valence electrons. The Hall–Kier alpha value is -1.62. The maximum Gasteiger partial charge on any atom is 0.208 e. The predicted molar refractivity (Wildman–Crippen MR) is 109 cm³/mol. The third-order valence-electron chi connectivity index (χ3n) is 9.59. The topological polar surface area (TPSA) is 108 Å². The molecule has 2 N–H and O–H groups in total. The molecule has 0 aromatic carbocycles. The molecule has 0 radical (unpaired) electrons. The summed E-state index contributed by atoms with van der Waals surface area (Å²) in [6.07, 6.45) is 0.715. The number of ketones is 2. The number of alkyl halides is 1. The second-order valence-corrected chi connectivity index (χ2v) is 10.6. The molecule has 0 aliphatic heterocycles. The first-order valence-corrected chi connectivity index (χ1v) is 11.2. The smallest absolute Gasteiger partial charge is 0.208 e. The highest BCUT2D eigenvalue weighted by molar-refractivity contribution is 5.95. The van der Waals surface area contributed by atoms with E-state index in [2.05, 4.69) is 0 Å². The van der Waals surface area contributed by atoms with Crippen LogP contribution in [0.4, 0.5) is 4.39 Å². The maximum atomic E-state index is 17.1. The molecule has 4 aliphatic carbocycles. The minimum absolute atomic E-state index is 0.00114. The summed E-state index contributed by atoms with van der Waals surface area (Å²) in [5.41, 5.74) is -5.09. The number of hydrogen-bond acceptors (Lipinski definition) is 6. The second-order valence-electron chi connectivity index (χ2n) is 10.6. The molecule has 0 saturated heterocycles. The number of halogens is 1. The second kappa shape index (κ2) is 6.94. The number of rotatable bonds is 3. The number of carbonyl (C=O) groups excluding carboxylic acids is 2. The normalized spacial score (nSPS) is 49.9. The van der Waals surface area contributed by atoms with E-state index in [1.165, 1.54) is 7.11 Å². The van der Waals surface area contributed by atoms with Crippen LogP contribution in [0.15, 0.2) is 11.6 Å². The van der Waals surface area contributed by atoms with Crippen molar-refractivity contribution in [2.24, 2.45) is 28.6 Å². The van der Waals surface area contributed by atoms with Gasteiger partial charge in [-0.2, -0.15) is 5.26 Å². The zero-order valence-electron chi connectivity index (χ0n) is 18.7. The third-order valence-corrected chi connectivity index (χ3v) is 9.59. The number of fused-ring (bicyclic) bond motifs is 5. The fourth-order valence-electron chi connectivity index (χ4n) is 7.85. The summed E-state index contributed by atoms with van der Waals surface area (Å²) in [6.45, 7) is 5.33. The van der Waals surface area contributed by atoms with Gasteiger partial charge in [-0.1, -0.05) is 26.3 Å². The van der Waals surface area contributed by atoms with Crippen LogP contribution < -0.4 is 0 Å². The molecule has 0 aromatic rings. The molecular weight excluding hydrogens is 401 g/mol. The molecule has 9 atom stereocenters. The van der Waals surface area contributed by atoms with Gasteiger partial charge >= 0.3 is 0 Å². The summed E-state index contributed by atoms with van der Waals surface area (Å²) < 4.78 is 22.1. The van der Waals surface area contributed by atoms with Crippen molar-refractivity contribution in [2.45, 2.75) is 82.8 Å². The van der Waals surface area contributed by atoms with Crippen molar-refractivity contribution in [3.63, 3.8) is 0 Å². The number of nitrogens with zero attached hydrogens (tertiary/aromatic N) is 1. The number of aliphatic hydroxyl groups is 2. The van der Waals surface area contributed by atoms with Crippen LogP contribution in [-0.2, 0) is 14.3 Å². The van der Waals surface area contributed by atoms with E-state index in [-0.39, 0.29) is 24.5 Å². The van der Waals surface area contributed by atoms with E-state index in [9.17, 15) is 25.1 Å². The van der Waals surface area contributed by atoms with Crippen LogP contribution in [0.1, 0.15) is 59.3 Å². The molecule has 0 heterocycles. The lowest BCUT2D eigenvalue weighted by atomic mass is 9.43. The average molecular weight is 434 g/mol. The minimum atomic E-state index is -1.94. The van der Waals surface area contributed by atoms with Gasteiger partial charge in [-0.3, -0.25) is 9.59 Å². The van der Waals surface area contributed by atoms with Gasteiger partial charge in [0.25, 0.3) is 0 Å². The monoisotopic (exact) mass is 433 g/mol. The fourth-order valence-corrected chi connectivity index (χ4v) is 7.85. The van der Waals surface area contributed by atoms with Gasteiger partial charge < -0.3 is 14.9 Å². The van der Waals surface area contributed by atoms with E-state index < -0.39 is 51.9 Å². The van der Waals surface area contributed by atoms with Crippen molar-refractivity contribution in [1.29, 1.82) is 5.26 Å². The summed E-state index contributed by atoms with van der Waals surface area (Å²) >= 11 is 0. The number of Topliss-reactive ketones (excluding diaryl/α,β-unsaturated/α-hetero) is 1. The Bertz CT molecular complexity index is 897. The van der Waals surface area contributed by atoms with Crippen molar-refractivity contribution in [1.82, 2.24) is 0 Å². The molecule has 3 saturated carbocycles. The van der Waals surface area contributed by atoms with Crippen molar-refractivity contribution in [3.8, 4) is 6.07 Å². The SMILES string of the molecule is COC(C#N)C(=O)[C@@]1(O)[C@@H](C)C[C@H]2[C@@H]3CCC4=CC(=O)CC[C@]4(C)[C@@]3(F)[C@@H](O)C[C@@]21C. The first-order chi connectivity index (χ1) is 14.4. The highest BCUT2D eigenvalue weighted by Crippen LogP contribution is 2.71. The van der Waals surface area contributed by atoms with Crippen LogP contribution in [0.25, 0.3) is 0 Å². The highest BCUT2D eigenvalue weighted by Gasteiger charge is 2.76. The Balaban J connectivity index is 1.81. The van der Waals surface area contributed by atoms with E-state index in [0.29, 0.717) is 25.7 Å². The Morgan fingerprint density at radius 2 is 2.03 bits per heavy atom. The van der Waals surface area contributed by atoms with E-state index >= 15 is 4.39 Å². The van der Waals surface area contributed by atoms with Gasteiger partial charge in [0.15, 0.2) is 5.78 Å². The van der Waals surface area contributed by atoms with Crippen LogP contribution in [0.3, 0.4) is 0 Å². The van der Waals surface area contributed by atoms with E-state index in [0.717, 1.165) is 5.57 Å². The van der Waals surface area contributed by atoms with Gasteiger partial charge in [-0.15, -0.1) is 0 Å². The summed E-state index contributed by atoms with van der Waals surface area (Å²) in [7, 11) is 1.25. The Morgan fingerprint density at radius 3 is 2.65 bits per heavy atom. The van der Waals surface area contributed by atoms with E-state index in [1.54, 1.807) is 26.0 Å². The Kier molecular flexibility index (Phi) is 5.05. The zero-order chi connectivity index (χ0) is 23.0.